The third-order valence-corrected chi connectivity index (χ3v) is 5.17. The standard InChI is InChI=1S/C12H14N2S.C6H6IN/c1-4-11-7-10(5-6-13-11)12-14-8(2)9(3)15-12;7-5-1-3-6(8)4-2-5/h5-7H,4H2,1-3H3;1-4H,8H2. The number of aryl methyl sites for hydroxylation is 3. The summed E-state index contributed by atoms with van der Waals surface area (Å²) in [6.45, 7) is 6.28. The number of benzene rings is 1. The van der Waals surface area contributed by atoms with Crippen LogP contribution < -0.4 is 5.73 Å². The Hall–Kier alpha value is -1.47. The first-order valence-corrected chi connectivity index (χ1v) is 9.29. The monoisotopic (exact) mass is 437 g/mol. The minimum Gasteiger partial charge on any atom is -0.399 e. The van der Waals surface area contributed by atoms with E-state index >= 15 is 0 Å². The molecule has 0 bridgehead atoms. The molecule has 23 heavy (non-hydrogen) atoms. The smallest absolute Gasteiger partial charge is 0.123 e. The second kappa shape index (κ2) is 8.40. The molecule has 0 atom stereocenters. The lowest BCUT2D eigenvalue weighted by Crippen LogP contribution is -1.86. The van der Waals surface area contributed by atoms with Crippen molar-refractivity contribution in [3.8, 4) is 10.6 Å². The normalized spacial score (nSPS) is 10.1. The van der Waals surface area contributed by atoms with Crippen LogP contribution in [0.2, 0.25) is 0 Å². The van der Waals surface area contributed by atoms with Gasteiger partial charge in [0, 0.05) is 31.6 Å². The number of nitrogens with zero attached hydrogens (tertiary/aromatic N) is 2. The molecule has 2 N–H and O–H groups in total. The first-order valence-electron chi connectivity index (χ1n) is 7.40. The summed E-state index contributed by atoms with van der Waals surface area (Å²) >= 11 is 3.99. The molecule has 2 aromatic heterocycles. The van der Waals surface area contributed by atoms with Crippen LogP contribution in [0.25, 0.3) is 10.6 Å². The largest absolute Gasteiger partial charge is 0.399 e. The molecule has 0 saturated heterocycles. The predicted octanol–water partition coefficient (Wildman–Crippen LogP) is 5.26. The number of thiazole rings is 1. The van der Waals surface area contributed by atoms with Crippen molar-refractivity contribution in [3.63, 3.8) is 0 Å². The molecule has 0 aliphatic heterocycles. The highest BCUT2D eigenvalue weighted by Crippen LogP contribution is 2.27. The van der Waals surface area contributed by atoms with Gasteiger partial charge in [0.2, 0.25) is 0 Å². The molecule has 0 aliphatic rings. The number of nitrogens with two attached hydrogens (primary N) is 1. The molecule has 0 aliphatic carbocycles. The van der Waals surface area contributed by atoms with Crippen LogP contribution in [0.4, 0.5) is 5.69 Å². The van der Waals surface area contributed by atoms with Gasteiger partial charge in [-0.05, 0) is 79.3 Å². The van der Waals surface area contributed by atoms with Gasteiger partial charge in [0.25, 0.3) is 0 Å². The van der Waals surface area contributed by atoms with E-state index in [1.54, 1.807) is 11.3 Å². The molecule has 3 rings (SSSR count). The lowest BCUT2D eigenvalue weighted by Gasteiger charge is -1.98. The number of aromatic nitrogens is 2. The number of halogens is 1. The number of pyridine rings is 1. The molecule has 3 aromatic rings. The zero-order valence-electron chi connectivity index (χ0n) is 13.5. The van der Waals surface area contributed by atoms with Crippen LogP contribution in [0.5, 0.6) is 0 Å². The molecule has 0 saturated carbocycles. The SMILES string of the molecule is CCc1cc(-c2nc(C)c(C)s2)ccn1.Nc1ccc(I)cc1. The van der Waals surface area contributed by atoms with E-state index in [4.69, 9.17) is 5.73 Å². The van der Waals surface area contributed by atoms with Crippen LogP contribution >= 0.6 is 33.9 Å². The molecule has 5 heteroatoms. The van der Waals surface area contributed by atoms with Crippen LogP contribution in [0.3, 0.4) is 0 Å². The zero-order chi connectivity index (χ0) is 16.8. The summed E-state index contributed by atoms with van der Waals surface area (Å²) in [4.78, 5) is 10.1. The highest BCUT2D eigenvalue weighted by Gasteiger charge is 2.06. The van der Waals surface area contributed by atoms with E-state index in [0.717, 1.165) is 28.5 Å². The lowest BCUT2D eigenvalue weighted by atomic mass is 10.2. The Bertz CT molecular complexity index is 726. The lowest BCUT2D eigenvalue weighted by molar-refractivity contribution is 1.04. The van der Waals surface area contributed by atoms with Crippen molar-refractivity contribution in [1.29, 1.82) is 0 Å². The Balaban J connectivity index is 0.000000203. The van der Waals surface area contributed by atoms with Crippen molar-refractivity contribution in [1.82, 2.24) is 9.97 Å². The van der Waals surface area contributed by atoms with E-state index < -0.39 is 0 Å². The van der Waals surface area contributed by atoms with E-state index in [2.05, 4.69) is 59.4 Å². The zero-order valence-corrected chi connectivity index (χ0v) is 16.5. The average molecular weight is 437 g/mol. The van der Waals surface area contributed by atoms with Crippen LogP contribution in [-0.4, -0.2) is 9.97 Å². The van der Waals surface area contributed by atoms with Crippen LogP contribution in [-0.2, 0) is 6.42 Å². The second-order valence-corrected chi connectivity index (χ2v) is 7.55. The Labute approximate surface area is 155 Å². The van der Waals surface area contributed by atoms with Gasteiger partial charge in [0.15, 0.2) is 0 Å². The first-order chi connectivity index (χ1) is 11.0. The number of anilines is 1. The fourth-order valence-electron chi connectivity index (χ4n) is 1.86. The summed E-state index contributed by atoms with van der Waals surface area (Å²) in [5, 5.41) is 1.10. The number of nitrogen functional groups attached to an aromatic ring is 1. The molecule has 1 aromatic carbocycles. The second-order valence-electron chi connectivity index (χ2n) is 5.10. The molecule has 3 nitrogen and oxygen atoms in total. The molecule has 0 fully saturated rings. The number of hydrogen-bond donors (Lipinski definition) is 1. The molecule has 120 valence electrons. The van der Waals surface area contributed by atoms with Crippen molar-refractivity contribution in [2.75, 3.05) is 5.73 Å². The maximum atomic E-state index is 5.42. The van der Waals surface area contributed by atoms with Gasteiger partial charge in [0.05, 0.1) is 5.69 Å². The molecule has 0 spiro atoms. The third kappa shape index (κ3) is 5.28. The maximum absolute atomic E-state index is 5.42. The summed E-state index contributed by atoms with van der Waals surface area (Å²) in [7, 11) is 0. The van der Waals surface area contributed by atoms with Gasteiger partial charge in [-0.2, -0.15) is 0 Å². The summed E-state index contributed by atoms with van der Waals surface area (Å²) in [5.41, 5.74) is 9.68. The van der Waals surface area contributed by atoms with E-state index in [-0.39, 0.29) is 0 Å². The van der Waals surface area contributed by atoms with Crippen LogP contribution in [0, 0.1) is 17.4 Å². The Morgan fingerprint density at radius 2 is 1.83 bits per heavy atom. The average Bonchev–Trinajstić information content (AvgIpc) is 2.90. The Morgan fingerprint density at radius 1 is 1.13 bits per heavy atom. The molecular weight excluding hydrogens is 417 g/mol. The third-order valence-electron chi connectivity index (χ3n) is 3.32. The Morgan fingerprint density at radius 3 is 2.35 bits per heavy atom. The summed E-state index contributed by atoms with van der Waals surface area (Å²) in [6.07, 6.45) is 2.83. The van der Waals surface area contributed by atoms with E-state index in [9.17, 15) is 0 Å². The Kier molecular flexibility index (Phi) is 6.53. The van der Waals surface area contributed by atoms with Crippen molar-refractivity contribution in [2.45, 2.75) is 27.2 Å². The minimum absolute atomic E-state index is 0.824. The van der Waals surface area contributed by atoms with Crippen molar-refractivity contribution < 1.29 is 0 Å². The predicted molar refractivity (Wildman–Crippen MR) is 108 cm³/mol. The van der Waals surface area contributed by atoms with E-state index in [1.165, 1.54) is 14.0 Å². The topological polar surface area (TPSA) is 51.8 Å². The van der Waals surface area contributed by atoms with Gasteiger partial charge in [-0.3, -0.25) is 4.98 Å². The van der Waals surface area contributed by atoms with Gasteiger partial charge in [-0.1, -0.05) is 6.92 Å². The van der Waals surface area contributed by atoms with E-state index in [1.807, 2.05) is 36.5 Å². The highest BCUT2D eigenvalue weighted by atomic mass is 127. The minimum atomic E-state index is 0.824. The fourth-order valence-corrected chi connectivity index (χ4v) is 3.13. The van der Waals surface area contributed by atoms with Crippen molar-refractivity contribution in [2.24, 2.45) is 0 Å². The quantitative estimate of drug-likeness (QED) is 0.440. The highest BCUT2D eigenvalue weighted by molar-refractivity contribution is 14.1. The van der Waals surface area contributed by atoms with Crippen molar-refractivity contribution >= 4 is 39.6 Å². The van der Waals surface area contributed by atoms with Gasteiger partial charge < -0.3 is 5.73 Å². The number of hydrogen-bond acceptors (Lipinski definition) is 4. The van der Waals surface area contributed by atoms with Crippen LogP contribution in [0.1, 0.15) is 23.2 Å². The molecule has 0 amide bonds. The van der Waals surface area contributed by atoms with Gasteiger partial charge in [-0.25, -0.2) is 4.98 Å². The maximum Gasteiger partial charge on any atom is 0.123 e. The molecule has 2 heterocycles. The van der Waals surface area contributed by atoms with Crippen molar-refractivity contribution in [3.05, 3.63) is 62.4 Å². The van der Waals surface area contributed by atoms with Gasteiger partial charge in [-0.15, -0.1) is 11.3 Å². The summed E-state index contributed by atoms with van der Waals surface area (Å²) < 4.78 is 1.22. The number of rotatable bonds is 2. The molecule has 0 radical (unpaired) electrons. The molecule has 0 unspecified atom stereocenters. The molecular formula is C18H20IN3S. The summed E-state index contributed by atoms with van der Waals surface area (Å²) in [5.74, 6) is 0. The first kappa shape index (κ1) is 17.9. The van der Waals surface area contributed by atoms with Crippen LogP contribution in [0.15, 0.2) is 42.6 Å². The summed E-state index contributed by atoms with van der Waals surface area (Å²) in [6, 6.07) is 11.9. The van der Waals surface area contributed by atoms with Gasteiger partial charge >= 0.3 is 0 Å². The van der Waals surface area contributed by atoms with E-state index in [0.29, 0.717) is 0 Å². The van der Waals surface area contributed by atoms with Gasteiger partial charge in [0.1, 0.15) is 5.01 Å². The fraction of sp³-hybridized carbons (Fsp3) is 0.222.